The summed E-state index contributed by atoms with van der Waals surface area (Å²) in [7, 11) is 0. The third kappa shape index (κ3) is 9.04. The molecule has 3 heterocycles. The summed E-state index contributed by atoms with van der Waals surface area (Å²) in [6, 6.07) is 19.0. The van der Waals surface area contributed by atoms with Crippen LogP contribution in [0, 0.1) is 4.64 Å². The number of benzene rings is 1. The molecule has 0 saturated heterocycles. The van der Waals surface area contributed by atoms with Crippen LogP contribution in [0.4, 0.5) is 0 Å². The van der Waals surface area contributed by atoms with Gasteiger partial charge in [0.2, 0.25) is 0 Å². The minimum Gasteiger partial charge on any atom is -0.353 e. The zero-order valence-corrected chi connectivity index (χ0v) is 18.6. The Balaban J connectivity index is 0.000000181. The first-order valence-corrected chi connectivity index (χ1v) is 10.5. The van der Waals surface area contributed by atoms with Crippen LogP contribution in [0.25, 0.3) is 0 Å². The Morgan fingerprint density at radius 1 is 0.839 bits per heavy atom. The summed E-state index contributed by atoms with van der Waals surface area (Å²) in [5.41, 5.74) is 1.06. The zero-order valence-electron chi connectivity index (χ0n) is 16.2. The topological polar surface area (TPSA) is 75.7 Å². The predicted molar refractivity (Wildman–Crippen MR) is 126 cm³/mol. The molecule has 0 fully saturated rings. The van der Waals surface area contributed by atoms with Crippen LogP contribution >= 0.6 is 35.6 Å². The highest BCUT2D eigenvalue weighted by atomic mass is 35.5. The molecule has 4 aromatic rings. The van der Waals surface area contributed by atoms with Crippen molar-refractivity contribution in [3.63, 3.8) is 0 Å². The molecule has 0 spiro atoms. The summed E-state index contributed by atoms with van der Waals surface area (Å²) in [4.78, 5) is 33.4. The van der Waals surface area contributed by atoms with E-state index in [1.807, 2.05) is 60.8 Å². The monoisotopic (exact) mass is 467 g/mol. The SMILES string of the molecule is O=Cc1cnccc1Cl.O=Cc1cnccc1Sc1ccccc1.S=c1cccc[nH]1. The minimum absolute atomic E-state index is 0.430. The van der Waals surface area contributed by atoms with Crippen molar-refractivity contribution in [1.29, 1.82) is 0 Å². The van der Waals surface area contributed by atoms with E-state index in [0.29, 0.717) is 22.4 Å². The number of H-pyrrole nitrogens is 1. The van der Waals surface area contributed by atoms with Gasteiger partial charge in [-0.1, -0.05) is 59.8 Å². The molecule has 0 aliphatic carbocycles. The van der Waals surface area contributed by atoms with Crippen LogP contribution < -0.4 is 0 Å². The second-order valence-electron chi connectivity index (χ2n) is 5.69. The van der Waals surface area contributed by atoms with Gasteiger partial charge < -0.3 is 4.98 Å². The van der Waals surface area contributed by atoms with Crippen molar-refractivity contribution in [2.75, 3.05) is 0 Å². The molecule has 0 bridgehead atoms. The molecule has 0 unspecified atom stereocenters. The van der Waals surface area contributed by atoms with E-state index in [-0.39, 0.29) is 0 Å². The number of pyridine rings is 3. The Morgan fingerprint density at radius 3 is 2.00 bits per heavy atom. The average molecular weight is 468 g/mol. The lowest BCUT2D eigenvalue weighted by Gasteiger charge is -2.02. The molecule has 0 saturated carbocycles. The summed E-state index contributed by atoms with van der Waals surface area (Å²) in [6.45, 7) is 0. The van der Waals surface area contributed by atoms with Gasteiger partial charge in [-0.05, 0) is 36.4 Å². The normalized spacial score (nSPS) is 9.32. The number of carbonyl (C=O) groups is 2. The lowest BCUT2D eigenvalue weighted by molar-refractivity contribution is 0.111. The van der Waals surface area contributed by atoms with Crippen LogP contribution in [0.5, 0.6) is 0 Å². The number of aromatic amines is 1. The van der Waals surface area contributed by atoms with Crippen LogP contribution in [0.2, 0.25) is 5.02 Å². The maximum atomic E-state index is 10.8. The predicted octanol–water partition coefficient (Wildman–Crippen LogP) is 6.34. The summed E-state index contributed by atoms with van der Waals surface area (Å²) >= 11 is 11.9. The van der Waals surface area contributed by atoms with Crippen molar-refractivity contribution in [2.24, 2.45) is 0 Å². The molecule has 0 amide bonds. The second-order valence-corrected chi connectivity index (χ2v) is 7.65. The standard InChI is InChI=1S/C12H9NOS.C6H4ClNO.C5H5NS/c14-9-10-8-13-7-6-12(10)15-11-4-2-1-3-5-11;7-6-1-2-8-3-5(6)4-9;7-5-3-1-2-4-6-5/h1-9H;1-4H;1-4H,(H,6,7). The van der Waals surface area contributed by atoms with Gasteiger partial charge in [0.1, 0.15) is 4.64 Å². The number of carbonyl (C=O) groups excluding carboxylic acids is 2. The Bertz CT molecular complexity index is 1140. The van der Waals surface area contributed by atoms with Gasteiger partial charge in [0.25, 0.3) is 0 Å². The fourth-order valence-corrected chi connectivity index (χ4v) is 3.24. The summed E-state index contributed by atoms with van der Waals surface area (Å²) in [5.74, 6) is 0. The summed E-state index contributed by atoms with van der Waals surface area (Å²) < 4.78 is 0.780. The quantitative estimate of drug-likeness (QED) is 0.279. The highest BCUT2D eigenvalue weighted by Crippen LogP contribution is 2.28. The van der Waals surface area contributed by atoms with Gasteiger partial charge in [-0.2, -0.15) is 0 Å². The lowest BCUT2D eigenvalue weighted by Crippen LogP contribution is -1.86. The molecular formula is C23H18ClN3O2S2. The summed E-state index contributed by atoms with van der Waals surface area (Å²) in [5, 5.41) is 0.444. The van der Waals surface area contributed by atoms with Gasteiger partial charge in [0, 0.05) is 46.3 Å². The number of rotatable bonds is 4. The van der Waals surface area contributed by atoms with Crippen molar-refractivity contribution >= 4 is 48.2 Å². The molecule has 0 radical (unpaired) electrons. The van der Waals surface area contributed by atoms with Crippen molar-refractivity contribution in [3.05, 3.63) is 112 Å². The largest absolute Gasteiger partial charge is 0.353 e. The third-order valence-electron chi connectivity index (χ3n) is 3.51. The van der Waals surface area contributed by atoms with E-state index >= 15 is 0 Å². The number of nitrogens with one attached hydrogen (secondary N) is 1. The van der Waals surface area contributed by atoms with Gasteiger partial charge in [0.15, 0.2) is 12.6 Å². The van der Waals surface area contributed by atoms with Gasteiger partial charge in [-0.3, -0.25) is 19.6 Å². The van der Waals surface area contributed by atoms with E-state index in [1.54, 1.807) is 30.2 Å². The average Bonchev–Trinajstić information content (AvgIpc) is 2.82. The van der Waals surface area contributed by atoms with Gasteiger partial charge in [0.05, 0.1) is 10.6 Å². The maximum Gasteiger partial charge on any atom is 0.153 e. The van der Waals surface area contributed by atoms with E-state index in [2.05, 4.69) is 15.0 Å². The fourth-order valence-electron chi connectivity index (χ4n) is 2.04. The van der Waals surface area contributed by atoms with Gasteiger partial charge in [-0.15, -0.1) is 0 Å². The van der Waals surface area contributed by atoms with Crippen LogP contribution in [0.3, 0.4) is 0 Å². The number of halogens is 1. The van der Waals surface area contributed by atoms with E-state index in [4.69, 9.17) is 23.8 Å². The molecule has 1 aromatic carbocycles. The summed E-state index contributed by atoms with van der Waals surface area (Å²) in [6.07, 6.45) is 9.55. The molecule has 1 N–H and O–H groups in total. The van der Waals surface area contributed by atoms with Crippen molar-refractivity contribution < 1.29 is 9.59 Å². The van der Waals surface area contributed by atoms with Crippen molar-refractivity contribution in [2.45, 2.75) is 9.79 Å². The van der Waals surface area contributed by atoms with Crippen molar-refractivity contribution in [1.82, 2.24) is 15.0 Å². The van der Waals surface area contributed by atoms with Gasteiger partial charge in [-0.25, -0.2) is 0 Å². The molecule has 31 heavy (non-hydrogen) atoms. The second kappa shape index (κ2) is 14.0. The smallest absolute Gasteiger partial charge is 0.153 e. The highest BCUT2D eigenvalue weighted by Gasteiger charge is 2.02. The third-order valence-corrected chi connectivity index (χ3v) is 5.21. The van der Waals surface area contributed by atoms with Crippen LogP contribution in [-0.4, -0.2) is 27.5 Å². The first-order valence-electron chi connectivity index (χ1n) is 8.94. The van der Waals surface area contributed by atoms with E-state index in [0.717, 1.165) is 20.7 Å². The molecule has 5 nitrogen and oxygen atoms in total. The molecule has 4 rings (SSSR count). The number of hydrogen-bond donors (Lipinski definition) is 1. The molecule has 0 atom stereocenters. The Labute approximate surface area is 194 Å². The van der Waals surface area contributed by atoms with Crippen LogP contribution in [0.1, 0.15) is 20.7 Å². The van der Waals surface area contributed by atoms with Crippen LogP contribution in [-0.2, 0) is 0 Å². The molecule has 0 aliphatic rings. The fraction of sp³-hybridized carbons (Fsp3) is 0. The Kier molecular flexibility index (Phi) is 10.9. The van der Waals surface area contributed by atoms with Gasteiger partial charge >= 0.3 is 0 Å². The minimum atomic E-state index is 0.430. The highest BCUT2D eigenvalue weighted by molar-refractivity contribution is 7.99. The lowest BCUT2D eigenvalue weighted by atomic mass is 10.3. The first kappa shape index (κ1) is 24.1. The number of nitrogens with zero attached hydrogens (tertiary/aromatic N) is 2. The molecule has 3 aromatic heterocycles. The Morgan fingerprint density at radius 2 is 1.48 bits per heavy atom. The van der Waals surface area contributed by atoms with E-state index in [9.17, 15) is 9.59 Å². The van der Waals surface area contributed by atoms with Crippen LogP contribution in [0.15, 0.2) is 101 Å². The van der Waals surface area contributed by atoms with Crippen molar-refractivity contribution in [3.8, 4) is 0 Å². The molecule has 8 heteroatoms. The number of hydrogen-bond acceptors (Lipinski definition) is 6. The maximum absolute atomic E-state index is 10.8. The van der Waals surface area contributed by atoms with E-state index in [1.165, 1.54) is 12.4 Å². The Hall–Kier alpha value is -3.13. The first-order chi connectivity index (χ1) is 15.1. The number of aromatic nitrogens is 3. The van der Waals surface area contributed by atoms with E-state index < -0.39 is 0 Å². The number of aldehydes is 2. The zero-order chi connectivity index (χ0) is 22.3. The molecule has 156 valence electrons. The molecular weight excluding hydrogens is 450 g/mol. The molecule has 0 aliphatic heterocycles.